The summed E-state index contributed by atoms with van der Waals surface area (Å²) in [6.45, 7) is 10.6. The summed E-state index contributed by atoms with van der Waals surface area (Å²) in [5, 5.41) is 0. The molecule has 0 bridgehead atoms. The Balaban J connectivity index is 1.93. The molecule has 0 aliphatic heterocycles. The predicted molar refractivity (Wildman–Crippen MR) is 138 cm³/mol. The quantitative estimate of drug-likeness (QED) is 0.225. The fraction of sp³-hybridized carbons (Fsp3) is 0.286. The molecule has 0 amide bonds. The maximum absolute atomic E-state index is 12.1. The van der Waals surface area contributed by atoms with Crippen molar-refractivity contribution >= 4 is 24.9 Å². The zero-order valence-electron chi connectivity index (χ0n) is 20.7. The smallest absolute Gasteiger partial charge is 0.428 e. The molecule has 0 radical (unpaired) electrons. The predicted octanol–water partition coefficient (Wildman–Crippen LogP) is 7.94. The molecule has 0 unspecified atom stereocenters. The first-order chi connectivity index (χ1) is 16.3. The number of ether oxygens (including phenoxy) is 4. The second kappa shape index (κ2) is 10.4. The third-order valence-electron chi connectivity index (χ3n) is 4.49. The van der Waals surface area contributed by atoms with Gasteiger partial charge in [-0.3, -0.25) is 0 Å². The Bertz CT molecular complexity index is 1220. The lowest BCUT2D eigenvalue weighted by Gasteiger charge is -2.19. The number of thiol groups is 1. The van der Waals surface area contributed by atoms with Gasteiger partial charge in [0.2, 0.25) is 0 Å². The van der Waals surface area contributed by atoms with E-state index in [-0.39, 0.29) is 0 Å². The van der Waals surface area contributed by atoms with Crippen molar-refractivity contribution in [1.29, 1.82) is 0 Å². The molecule has 0 fully saturated rings. The van der Waals surface area contributed by atoms with Crippen LogP contribution >= 0.6 is 12.6 Å². The summed E-state index contributed by atoms with van der Waals surface area (Å²) in [4.78, 5) is 25.0. The van der Waals surface area contributed by atoms with Gasteiger partial charge in [-0.25, -0.2) is 9.59 Å². The molecular weight excluding hydrogens is 464 g/mol. The van der Waals surface area contributed by atoms with Gasteiger partial charge in [0, 0.05) is 10.5 Å². The Labute approximate surface area is 211 Å². The average Bonchev–Trinajstić information content (AvgIpc) is 2.71. The van der Waals surface area contributed by atoms with Crippen LogP contribution in [0.25, 0.3) is 22.3 Å². The number of rotatable bonds is 4. The first-order valence-electron chi connectivity index (χ1n) is 11.2. The van der Waals surface area contributed by atoms with Crippen molar-refractivity contribution in [2.45, 2.75) is 57.6 Å². The minimum Gasteiger partial charge on any atom is -0.428 e. The van der Waals surface area contributed by atoms with Crippen molar-refractivity contribution in [3.8, 4) is 33.8 Å². The van der Waals surface area contributed by atoms with Crippen LogP contribution in [-0.2, 0) is 9.47 Å². The van der Waals surface area contributed by atoms with E-state index in [0.29, 0.717) is 11.5 Å². The fourth-order valence-electron chi connectivity index (χ4n) is 3.26. The van der Waals surface area contributed by atoms with Crippen molar-refractivity contribution in [1.82, 2.24) is 0 Å². The number of benzene rings is 3. The van der Waals surface area contributed by atoms with E-state index in [1.165, 1.54) is 0 Å². The van der Waals surface area contributed by atoms with E-state index in [4.69, 9.17) is 18.9 Å². The molecule has 0 aliphatic rings. The van der Waals surface area contributed by atoms with E-state index in [1.807, 2.05) is 30.3 Å². The molecule has 3 aromatic carbocycles. The second-order valence-corrected chi connectivity index (χ2v) is 10.4. The molecule has 0 atom stereocenters. The monoisotopic (exact) mass is 494 g/mol. The summed E-state index contributed by atoms with van der Waals surface area (Å²) >= 11 is 4.68. The normalized spacial score (nSPS) is 11.5. The second-order valence-electron chi connectivity index (χ2n) is 9.89. The van der Waals surface area contributed by atoms with E-state index in [1.54, 1.807) is 77.9 Å². The van der Waals surface area contributed by atoms with Crippen LogP contribution in [0, 0.1) is 0 Å². The van der Waals surface area contributed by atoms with E-state index < -0.39 is 23.5 Å². The van der Waals surface area contributed by atoms with Crippen LogP contribution in [0.4, 0.5) is 9.59 Å². The minimum atomic E-state index is -0.777. The average molecular weight is 495 g/mol. The van der Waals surface area contributed by atoms with Gasteiger partial charge in [0.15, 0.2) is 0 Å². The van der Waals surface area contributed by atoms with Crippen LogP contribution in [0.15, 0.2) is 71.6 Å². The first kappa shape index (κ1) is 26.2. The Morgan fingerprint density at radius 1 is 0.657 bits per heavy atom. The summed E-state index contributed by atoms with van der Waals surface area (Å²) in [7, 11) is 0. The van der Waals surface area contributed by atoms with Gasteiger partial charge < -0.3 is 18.9 Å². The standard InChI is InChI=1S/C28H30O6S/c1-27(2,3)33-25(29)31-20-12-7-10-18(16-20)22-14-9-15-23(35)24(22)19-11-8-13-21(17-19)32-26(30)34-28(4,5)6/h7-17,35H,1-6H3. The van der Waals surface area contributed by atoms with Crippen LogP contribution in [0.3, 0.4) is 0 Å². The highest BCUT2D eigenvalue weighted by Gasteiger charge is 2.20. The van der Waals surface area contributed by atoms with Gasteiger partial charge in [0.1, 0.15) is 22.7 Å². The molecule has 7 heteroatoms. The SMILES string of the molecule is CC(C)(C)OC(=O)Oc1cccc(-c2cccc(S)c2-c2cccc(OC(=O)OC(C)(C)C)c2)c1. The van der Waals surface area contributed by atoms with Crippen molar-refractivity contribution in [2.75, 3.05) is 0 Å². The fourth-order valence-corrected chi connectivity index (χ4v) is 3.60. The molecule has 35 heavy (non-hydrogen) atoms. The Morgan fingerprint density at radius 3 is 1.63 bits per heavy atom. The molecule has 0 heterocycles. The molecule has 184 valence electrons. The van der Waals surface area contributed by atoms with Crippen LogP contribution in [0.5, 0.6) is 11.5 Å². The zero-order chi connectivity index (χ0) is 25.8. The zero-order valence-corrected chi connectivity index (χ0v) is 21.6. The maximum atomic E-state index is 12.1. The summed E-state index contributed by atoms with van der Waals surface area (Å²) < 4.78 is 21.3. The van der Waals surface area contributed by atoms with Crippen LogP contribution in [0.1, 0.15) is 41.5 Å². The van der Waals surface area contributed by atoms with Gasteiger partial charge in [-0.05, 0) is 88.6 Å². The summed E-state index contributed by atoms with van der Waals surface area (Å²) in [6.07, 6.45) is -1.55. The third kappa shape index (κ3) is 7.79. The number of hydrogen-bond acceptors (Lipinski definition) is 7. The molecule has 0 saturated carbocycles. The largest absolute Gasteiger partial charge is 0.514 e. The molecule has 0 saturated heterocycles. The van der Waals surface area contributed by atoms with Gasteiger partial charge in [-0.15, -0.1) is 12.6 Å². The van der Waals surface area contributed by atoms with Crippen molar-refractivity contribution < 1.29 is 28.5 Å². The molecule has 0 aliphatic carbocycles. The van der Waals surface area contributed by atoms with Gasteiger partial charge in [-0.2, -0.15) is 0 Å². The Hall–Kier alpha value is -3.45. The maximum Gasteiger partial charge on any atom is 0.514 e. The van der Waals surface area contributed by atoms with Crippen LogP contribution in [-0.4, -0.2) is 23.5 Å². The summed E-state index contributed by atoms with van der Waals surface area (Å²) in [5.74, 6) is 0.704. The number of carbonyl (C=O) groups excluding carboxylic acids is 2. The van der Waals surface area contributed by atoms with E-state index >= 15 is 0 Å². The molecule has 0 N–H and O–H groups in total. The molecular formula is C28H30O6S. The summed E-state index contributed by atoms with van der Waals surface area (Å²) in [5.41, 5.74) is 1.99. The number of hydrogen-bond donors (Lipinski definition) is 1. The first-order valence-corrected chi connectivity index (χ1v) is 11.6. The van der Waals surface area contributed by atoms with Crippen molar-refractivity contribution in [3.63, 3.8) is 0 Å². The lowest BCUT2D eigenvalue weighted by Crippen LogP contribution is -2.26. The van der Waals surface area contributed by atoms with Gasteiger partial charge in [0.05, 0.1) is 0 Å². The molecule has 0 spiro atoms. The molecule has 0 aromatic heterocycles. The van der Waals surface area contributed by atoms with Crippen LogP contribution in [0.2, 0.25) is 0 Å². The van der Waals surface area contributed by atoms with Crippen LogP contribution < -0.4 is 9.47 Å². The van der Waals surface area contributed by atoms with E-state index in [0.717, 1.165) is 27.1 Å². The van der Waals surface area contributed by atoms with E-state index in [2.05, 4.69) is 12.6 Å². The molecule has 3 rings (SSSR count). The highest BCUT2D eigenvalue weighted by atomic mass is 32.1. The minimum absolute atomic E-state index is 0.348. The lowest BCUT2D eigenvalue weighted by atomic mass is 9.94. The number of carbonyl (C=O) groups is 2. The topological polar surface area (TPSA) is 71.1 Å². The van der Waals surface area contributed by atoms with Gasteiger partial charge in [0.25, 0.3) is 0 Å². The third-order valence-corrected chi connectivity index (χ3v) is 4.86. The highest BCUT2D eigenvalue weighted by Crippen LogP contribution is 2.39. The van der Waals surface area contributed by atoms with Gasteiger partial charge in [-0.1, -0.05) is 36.4 Å². The Morgan fingerprint density at radius 2 is 1.11 bits per heavy atom. The summed E-state index contributed by atoms with van der Waals surface area (Å²) in [6, 6.07) is 20.0. The Kier molecular flexibility index (Phi) is 7.80. The van der Waals surface area contributed by atoms with E-state index in [9.17, 15) is 9.59 Å². The van der Waals surface area contributed by atoms with Crippen molar-refractivity contribution in [3.05, 3.63) is 66.7 Å². The molecule has 3 aromatic rings. The highest BCUT2D eigenvalue weighted by molar-refractivity contribution is 7.80. The lowest BCUT2D eigenvalue weighted by molar-refractivity contribution is 0.0193. The van der Waals surface area contributed by atoms with Crippen molar-refractivity contribution in [2.24, 2.45) is 0 Å². The molecule has 6 nitrogen and oxygen atoms in total. The van der Waals surface area contributed by atoms with Gasteiger partial charge >= 0.3 is 12.3 Å².